The number of aliphatic imine (C=N–C) groups is 1. The Bertz CT molecular complexity index is 173. The number of rotatable bonds is 1. The zero-order valence-electron chi connectivity index (χ0n) is 7.38. The first-order valence-corrected chi connectivity index (χ1v) is 5.87. The Balaban J connectivity index is 1.77. The molecule has 68 valence electrons. The highest BCUT2D eigenvalue weighted by atomic mass is 32.2. The van der Waals surface area contributed by atoms with Crippen LogP contribution in [0.5, 0.6) is 0 Å². The van der Waals surface area contributed by atoms with Crippen LogP contribution in [0.3, 0.4) is 0 Å². The van der Waals surface area contributed by atoms with Crippen LogP contribution >= 0.6 is 11.8 Å². The van der Waals surface area contributed by atoms with E-state index in [2.05, 4.69) is 10.3 Å². The predicted octanol–water partition coefficient (Wildman–Crippen LogP) is 2.01. The summed E-state index contributed by atoms with van der Waals surface area (Å²) in [6.45, 7) is 1.01. The first kappa shape index (κ1) is 8.42. The van der Waals surface area contributed by atoms with Gasteiger partial charge in [-0.05, 0) is 12.8 Å². The minimum atomic E-state index is 0.725. The van der Waals surface area contributed by atoms with Gasteiger partial charge in [0.25, 0.3) is 0 Å². The summed E-state index contributed by atoms with van der Waals surface area (Å²) in [5.41, 5.74) is 0. The highest BCUT2D eigenvalue weighted by Gasteiger charge is 2.16. The average molecular weight is 184 g/mol. The molecule has 0 aromatic heterocycles. The molecule has 1 aliphatic heterocycles. The molecular weight excluding hydrogens is 168 g/mol. The van der Waals surface area contributed by atoms with E-state index in [-0.39, 0.29) is 0 Å². The first-order valence-electron chi connectivity index (χ1n) is 4.89. The quantitative estimate of drug-likeness (QED) is 0.674. The highest BCUT2D eigenvalue weighted by Crippen LogP contribution is 2.19. The van der Waals surface area contributed by atoms with Gasteiger partial charge in [0, 0.05) is 11.8 Å². The Labute approximate surface area is 78.2 Å². The normalized spacial score (nSPS) is 25.5. The van der Waals surface area contributed by atoms with Crippen LogP contribution in [-0.4, -0.2) is 23.5 Å². The zero-order valence-corrected chi connectivity index (χ0v) is 8.20. The van der Waals surface area contributed by atoms with Crippen molar-refractivity contribution in [3.05, 3.63) is 0 Å². The van der Waals surface area contributed by atoms with Gasteiger partial charge in [-0.15, -0.1) is 0 Å². The monoisotopic (exact) mass is 184 g/mol. The van der Waals surface area contributed by atoms with Crippen molar-refractivity contribution < 1.29 is 0 Å². The van der Waals surface area contributed by atoms with Gasteiger partial charge < -0.3 is 5.32 Å². The van der Waals surface area contributed by atoms with Crippen LogP contribution in [-0.2, 0) is 0 Å². The smallest absolute Gasteiger partial charge is 0.156 e. The van der Waals surface area contributed by atoms with E-state index < -0.39 is 0 Å². The number of thioether (sulfide) groups is 1. The van der Waals surface area contributed by atoms with E-state index >= 15 is 0 Å². The second-order valence-corrected chi connectivity index (χ2v) is 4.60. The van der Waals surface area contributed by atoms with Crippen molar-refractivity contribution in [2.45, 2.75) is 38.1 Å². The SMILES string of the molecule is C1CCC(NC2=NCCS2)CC1. The molecule has 0 aromatic rings. The maximum atomic E-state index is 4.40. The Morgan fingerprint density at radius 1 is 1.25 bits per heavy atom. The summed E-state index contributed by atoms with van der Waals surface area (Å²) < 4.78 is 0. The van der Waals surface area contributed by atoms with Crippen LogP contribution < -0.4 is 5.32 Å². The van der Waals surface area contributed by atoms with E-state index in [0.717, 1.165) is 12.6 Å². The third kappa shape index (κ3) is 2.16. The summed E-state index contributed by atoms with van der Waals surface area (Å²) >= 11 is 1.87. The molecule has 2 aliphatic rings. The van der Waals surface area contributed by atoms with Gasteiger partial charge in [0.1, 0.15) is 0 Å². The molecule has 1 N–H and O–H groups in total. The van der Waals surface area contributed by atoms with Crippen molar-refractivity contribution in [2.75, 3.05) is 12.3 Å². The Morgan fingerprint density at radius 2 is 2.08 bits per heavy atom. The van der Waals surface area contributed by atoms with Crippen molar-refractivity contribution in [3.63, 3.8) is 0 Å². The summed E-state index contributed by atoms with van der Waals surface area (Å²) in [5.74, 6) is 1.18. The van der Waals surface area contributed by atoms with E-state index in [1.54, 1.807) is 0 Å². The lowest BCUT2D eigenvalue weighted by molar-refractivity contribution is 0.415. The third-order valence-electron chi connectivity index (χ3n) is 2.52. The van der Waals surface area contributed by atoms with Crippen LogP contribution in [0.25, 0.3) is 0 Å². The number of hydrogen-bond acceptors (Lipinski definition) is 3. The Kier molecular flexibility index (Phi) is 2.93. The second-order valence-electron chi connectivity index (χ2n) is 3.51. The summed E-state index contributed by atoms with van der Waals surface area (Å²) in [6, 6.07) is 0.725. The molecule has 1 heterocycles. The van der Waals surface area contributed by atoms with Crippen LogP contribution in [0.15, 0.2) is 4.99 Å². The van der Waals surface area contributed by atoms with Crippen molar-refractivity contribution in [1.82, 2.24) is 5.32 Å². The fourth-order valence-corrected chi connectivity index (χ4v) is 2.65. The fraction of sp³-hybridized carbons (Fsp3) is 0.889. The van der Waals surface area contributed by atoms with Crippen molar-refractivity contribution in [1.29, 1.82) is 0 Å². The number of amidine groups is 1. The van der Waals surface area contributed by atoms with Crippen LogP contribution in [0.1, 0.15) is 32.1 Å². The third-order valence-corrected chi connectivity index (χ3v) is 3.43. The maximum Gasteiger partial charge on any atom is 0.156 e. The van der Waals surface area contributed by atoms with E-state index in [4.69, 9.17) is 0 Å². The maximum absolute atomic E-state index is 4.40. The molecule has 0 atom stereocenters. The summed E-state index contributed by atoms with van der Waals surface area (Å²) in [5, 5.41) is 4.73. The molecule has 1 aliphatic carbocycles. The van der Waals surface area contributed by atoms with E-state index in [1.807, 2.05) is 11.8 Å². The molecule has 0 spiro atoms. The van der Waals surface area contributed by atoms with E-state index in [1.165, 1.54) is 43.0 Å². The lowest BCUT2D eigenvalue weighted by atomic mass is 9.96. The summed E-state index contributed by atoms with van der Waals surface area (Å²) in [7, 11) is 0. The molecule has 0 radical (unpaired) electrons. The number of nitrogens with one attached hydrogen (secondary N) is 1. The lowest BCUT2D eigenvalue weighted by Gasteiger charge is -2.23. The zero-order chi connectivity index (χ0) is 8.23. The molecule has 1 fully saturated rings. The molecule has 1 saturated carbocycles. The van der Waals surface area contributed by atoms with Gasteiger partial charge >= 0.3 is 0 Å². The van der Waals surface area contributed by atoms with Crippen LogP contribution in [0, 0.1) is 0 Å². The van der Waals surface area contributed by atoms with Gasteiger partial charge in [-0.3, -0.25) is 4.99 Å². The second kappa shape index (κ2) is 4.17. The van der Waals surface area contributed by atoms with Crippen molar-refractivity contribution in [3.8, 4) is 0 Å². The molecule has 3 heteroatoms. The minimum absolute atomic E-state index is 0.725. The topological polar surface area (TPSA) is 24.4 Å². The van der Waals surface area contributed by atoms with E-state index in [9.17, 15) is 0 Å². The number of nitrogens with zero attached hydrogens (tertiary/aromatic N) is 1. The molecular formula is C9H16N2S. The molecule has 12 heavy (non-hydrogen) atoms. The lowest BCUT2D eigenvalue weighted by Crippen LogP contribution is -2.33. The minimum Gasteiger partial charge on any atom is -0.362 e. The van der Waals surface area contributed by atoms with Gasteiger partial charge in [-0.1, -0.05) is 31.0 Å². The van der Waals surface area contributed by atoms with Gasteiger partial charge in [0.05, 0.1) is 6.54 Å². The van der Waals surface area contributed by atoms with Gasteiger partial charge in [-0.2, -0.15) is 0 Å². The fourth-order valence-electron chi connectivity index (χ4n) is 1.84. The molecule has 0 aromatic carbocycles. The molecule has 2 nitrogen and oxygen atoms in total. The molecule has 2 rings (SSSR count). The first-order chi connectivity index (χ1) is 5.95. The van der Waals surface area contributed by atoms with Gasteiger partial charge in [0.15, 0.2) is 5.17 Å². The average Bonchev–Trinajstić information content (AvgIpc) is 2.59. The molecule has 0 saturated heterocycles. The molecule has 0 amide bonds. The van der Waals surface area contributed by atoms with Crippen LogP contribution in [0.2, 0.25) is 0 Å². The van der Waals surface area contributed by atoms with Gasteiger partial charge in [0.2, 0.25) is 0 Å². The van der Waals surface area contributed by atoms with Crippen molar-refractivity contribution >= 4 is 16.9 Å². The summed E-state index contributed by atoms with van der Waals surface area (Å²) in [4.78, 5) is 4.40. The van der Waals surface area contributed by atoms with Gasteiger partial charge in [-0.25, -0.2) is 0 Å². The summed E-state index contributed by atoms with van der Waals surface area (Å²) in [6.07, 6.45) is 6.92. The molecule has 0 unspecified atom stereocenters. The largest absolute Gasteiger partial charge is 0.362 e. The highest BCUT2D eigenvalue weighted by molar-refractivity contribution is 8.14. The number of hydrogen-bond donors (Lipinski definition) is 1. The Morgan fingerprint density at radius 3 is 2.75 bits per heavy atom. The van der Waals surface area contributed by atoms with E-state index in [0.29, 0.717) is 0 Å². The molecule has 0 bridgehead atoms. The van der Waals surface area contributed by atoms with Crippen molar-refractivity contribution in [2.24, 2.45) is 4.99 Å². The standard InChI is InChI=1S/C9H16N2S/c1-2-4-8(5-3-1)11-9-10-6-7-12-9/h8H,1-7H2,(H,10,11). The predicted molar refractivity (Wildman–Crippen MR) is 54.8 cm³/mol. The van der Waals surface area contributed by atoms with Crippen LogP contribution in [0.4, 0.5) is 0 Å². The Hall–Kier alpha value is -0.180.